The van der Waals surface area contributed by atoms with Gasteiger partial charge in [-0.15, -0.1) is 0 Å². The molecule has 2 atom stereocenters. The van der Waals surface area contributed by atoms with Crippen molar-refractivity contribution in [2.75, 3.05) is 13.1 Å². The molecule has 0 saturated carbocycles. The van der Waals surface area contributed by atoms with E-state index >= 15 is 0 Å². The maximum absolute atomic E-state index is 14.5. The van der Waals surface area contributed by atoms with Crippen LogP contribution in [0.5, 0.6) is 0 Å². The molecule has 5 heterocycles. The van der Waals surface area contributed by atoms with Gasteiger partial charge in [0.1, 0.15) is 12.4 Å². The summed E-state index contributed by atoms with van der Waals surface area (Å²) in [4.78, 5) is 32.9. The molecule has 0 spiro atoms. The molecule has 0 radical (unpaired) electrons. The molecule has 8 nitrogen and oxygen atoms in total. The first kappa shape index (κ1) is 22.3. The Labute approximate surface area is 200 Å². The number of β-amino-alcohol motifs (C(OH)–C–C–N with tert-alkyl or cyclic N) is 1. The number of aromatic nitrogens is 2. The van der Waals surface area contributed by atoms with Gasteiger partial charge < -0.3 is 19.5 Å². The minimum absolute atomic E-state index is 0.0623. The van der Waals surface area contributed by atoms with Gasteiger partial charge in [-0.05, 0) is 43.0 Å². The lowest BCUT2D eigenvalue weighted by molar-refractivity contribution is -0.172. The maximum atomic E-state index is 14.5. The van der Waals surface area contributed by atoms with Crippen molar-refractivity contribution in [3.8, 4) is 11.4 Å². The lowest BCUT2D eigenvalue weighted by Crippen LogP contribution is -2.44. The summed E-state index contributed by atoms with van der Waals surface area (Å²) in [6.45, 7) is 5.28. The van der Waals surface area contributed by atoms with E-state index in [-0.39, 0.29) is 48.2 Å². The van der Waals surface area contributed by atoms with Crippen molar-refractivity contribution in [1.29, 1.82) is 0 Å². The van der Waals surface area contributed by atoms with Crippen molar-refractivity contribution in [3.63, 3.8) is 0 Å². The molecule has 1 fully saturated rings. The third kappa shape index (κ3) is 3.18. The maximum Gasteiger partial charge on any atom is 0.343 e. The van der Waals surface area contributed by atoms with Crippen molar-refractivity contribution in [2.45, 2.75) is 58.1 Å². The highest BCUT2D eigenvalue weighted by molar-refractivity contribution is 5.89. The van der Waals surface area contributed by atoms with Crippen molar-refractivity contribution in [2.24, 2.45) is 0 Å². The number of hydrogen-bond donors (Lipinski definition) is 2. The number of likely N-dealkylation sites (tertiary alicyclic amines) is 1. The summed E-state index contributed by atoms with van der Waals surface area (Å²) in [6.07, 6.45) is 0.368. The fraction of sp³-hybridized carbons (Fsp3) is 0.423. The number of aryl methyl sites for hydroxylation is 1. The molecule has 3 aliphatic rings. The number of aliphatic hydroxyl groups excluding tert-OH is 1. The Kier molecular flexibility index (Phi) is 4.90. The molecule has 9 heteroatoms. The van der Waals surface area contributed by atoms with Crippen LogP contribution in [0.1, 0.15) is 47.6 Å². The van der Waals surface area contributed by atoms with Gasteiger partial charge in [-0.2, -0.15) is 0 Å². The van der Waals surface area contributed by atoms with Crippen LogP contribution in [0, 0.1) is 12.7 Å². The second-order valence-corrected chi connectivity index (χ2v) is 9.82. The van der Waals surface area contributed by atoms with Gasteiger partial charge in [-0.1, -0.05) is 6.92 Å². The van der Waals surface area contributed by atoms with E-state index in [0.717, 1.165) is 23.1 Å². The van der Waals surface area contributed by atoms with Crippen LogP contribution in [0.3, 0.4) is 0 Å². The van der Waals surface area contributed by atoms with Crippen molar-refractivity contribution in [1.82, 2.24) is 14.5 Å². The van der Waals surface area contributed by atoms with Crippen LogP contribution in [0.4, 0.5) is 4.39 Å². The van der Waals surface area contributed by atoms with Gasteiger partial charge in [0, 0.05) is 42.2 Å². The van der Waals surface area contributed by atoms with Crippen LogP contribution in [0.25, 0.3) is 22.3 Å². The molecule has 1 aromatic carbocycles. The summed E-state index contributed by atoms with van der Waals surface area (Å²) in [5.74, 6) is -1.14. The van der Waals surface area contributed by atoms with Gasteiger partial charge in [-0.3, -0.25) is 9.69 Å². The van der Waals surface area contributed by atoms with Crippen LogP contribution in [-0.4, -0.2) is 49.8 Å². The second kappa shape index (κ2) is 7.68. The molecule has 2 aromatic heterocycles. The minimum Gasteiger partial charge on any atom is -0.458 e. The molecule has 182 valence electrons. The number of hydrogen-bond acceptors (Lipinski definition) is 7. The van der Waals surface area contributed by atoms with Gasteiger partial charge in [0.2, 0.25) is 0 Å². The lowest BCUT2D eigenvalue weighted by atomic mass is 9.86. The number of nitrogens with zero attached hydrogens (tertiary/aromatic N) is 3. The average molecular weight is 480 g/mol. The molecular weight excluding hydrogens is 453 g/mol. The van der Waals surface area contributed by atoms with E-state index in [0.29, 0.717) is 42.0 Å². The first-order valence-electron chi connectivity index (χ1n) is 11.9. The molecular formula is C26H26FN3O5. The van der Waals surface area contributed by atoms with Crippen LogP contribution in [0.15, 0.2) is 23.0 Å². The van der Waals surface area contributed by atoms with Crippen LogP contribution in [0.2, 0.25) is 0 Å². The van der Waals surface area contributed by atoms with E-state index in [9.17, 15) is 24.2 Å². The zero-order valence-electron chi connectivity index (χ0n) is 19.6. The molecule has 35 heavy (non-hydrogen) atoms. The van der Waals surface area contributed by atoms with Gasteiger partial charge >= 0.3 is 5.97 Å². The van der Waals surface area contributed by atoms with Gasteiger partial charge in [0.25, 0.3) is 5.56 Å². The van der Waals surface area contributed by atoms with Crippen LogP contribution >= 0.6 is 0 Å². The normalized spacial score (nSPS) is 23.3. The first-order valence-corrected chi connectivity index (χ1v) is 11.9. The Bertz CT molecular complexity index is 1480. The molecule has 0 bridgehead atoms. The highest BCUT2D eigenvalue weighted by Crippen LogP contribution is 2.41. The topological polar surface area (TPSA) is 105 Å². The van der Waals surface area contributed by atoms with Crippen molar-refractivity contribution >= 4 is 16.9 Å². The number of rotatable bonds is 3. The Morgan fingerprint density at radius 3 is 2.77 bits per heavy atom. The Morgan fingerprint density at radius 2 is 2.06 bits per heavy atom. The molecule has 3 aliphatic heterocycles. The van der Waals surface area contributed by atoms with Crippen molar-refractivity contribution in [3.05, 3.63) is 62.2 Å². The third-order valence-electron chi connectivity index (χ3n) is 7.72. The van der Waals surface area contributed by atoms with Gasteiger partial charge in [-0.25, -0.2) is 14.2 Å². The SMILES string of the molecule is CC[C@@]1(O)C(=O)OCc2c1cc1n(c2=O)Cc2c-1nc1cc(F)c(C)cc1c2CN1CC[C@H](O)C1. The Balaban J connectivity index is 1.60. The predicted molar refractivity (Wildman–Crippen MR) is 125 cm³/mol. The summed E-state index contributed by atoms with van der Waals surface area (Å²) in [7, 11) is 0. The summed E-state index contributed by atoms with van der Waals surface area (Å²) in [5.41, 5.74) is 2.12. The summed E-state index contributed by atoms with van der Waals surface area (Å²) >= 11 is 0. The second-order valence-electron chi connectivity index (χ2n) is 9.82. The molecule has 6 rings (SSSR count). The predicted octanol–water partition coefficient (Wildman–Crippen LogP) is 2.09. The number of halogens is 1. The van der Waals surface area contributed by atoms with Crippen LogP contribution in [-0.2, 0) is 34.8 Å². The van der Waals surface area contributed by atoms with Crippen molar-refractivity contribution < 1.29 is 24.1 Å². The molecule has 3 aromatic rings. The van der Waals surface area contributed by atoms with Gasteiger partial charge in [0.05, 0.1) is 35.1 Å². The number of carbonyl (C=O) groups is 1. The largest absolute Gasteiger partial charge is 0.458 e. The van der Waals surface area contributed by atoms with E-state index in [2.05, 4.69) is 4.90 Å². The van der Waals surface area contributed by atoms with Gasteiger partial charge in [0.15, 0.2) is 5.60 Å². The summed E-state index contributed by atoms with van der Waals surface area (Å²) in [6, 6.07) is 4.87. The smallest absolute Gasteiger partial charge is 0.343 e. The highest BCUT2D eigenvalue weighted by Gasteiger charge is 2.45. The van der Waals surface area contributed by atoms with E-state index < -0.39 is 11.6 Å². The zero-order chi connectivity index (χ0) is 24.6. The standard InChI is InChI=1S/C26H26FN3O5/c1-3-26(34)19-7-22-23-17(11-30(22)24(32)18(19)12-35-25(26)33)16(10-29-5-4-14(31)9-29)15-6-13(2)20(27)8-21(15)28-23/h6-8,14,31,34H,3-5,9-12H2,1-2H3/t14-,26-/m0/s1. The number of cyclic esters (lactones) is 1. The number of pyridine rings is 2. The molecule has 0 amide bonds. The summed E-state index contributed by atoms with van der Waals surface area (Å²) < 4.78 is 21.3. The van der Waals surface area contributed by atoms with E-state index in [4.69, 9.17) is 9.72 Å². The zero-order valence-corrected chi connectivity index (χ0v) is 19.6. The molecule has 0 aliphatic carbocycles. The number of ether oxygens (including phenoxy) is 1. The number of fused-ring (bicyclic) bond motifs is 5. The molecule has 2 N–H and O–H groups in total. The average Bonchev–Trinajstić information content (AvgIpc) is 3.41. The number of carbonyl (C=O) groups excluding carboxylic acids is 1. The number of benzene rings is 1. The highest BCUT2D eigenvalue weighted by atomic mass is 19.1. The minimum atomic E-state index is -1.90. The number of aliphatic hydroxyl groups is 2. The van der Waals surface area contributed by atoms with Crippen LogP contribution < -0.4 is 5.56 Å². The number of esters is 1. The third-order valence-corrected chi connectivity index (χ3v) is 7.72. The monoisotopic (exact) mass is 479 g/mol. The van der Waals surface area contributed by atoms with E-state index in [1.807, 2.05) is 0 Å². The lowest BCUT2D eigenvalue weighted by Gasteiger charge is -2.31. The Hall–Kier alpha value is -3.14. The van der Waals surface area contributed by atoms with E-state index in [1.54, 1.807) is 30.5 Å². The summed E-state index contributed by atoms with van der Waals surface area (Å²) in [5, 5.41) is 22.0. The Morgan fingerprint density at radius 1 is 1.26 bits per heavy atom. The van der Waals surface area contributed by atoms with E-state index in [1.165, 1.54) is 6.07 Å². The molecule has 1 saturated heterocycles. The molecule has 0 unspecified atom stereocenters. The quantitative estimate of drug-likeness (QED) is 0.434. The first-order chi connectivity index (χ1) is 16.7. The fourth-order valence-corrected chi connectivity index (χ4v) is 5.65. The fourth-order valence-electron chi connectivity index (χ4n) is 5.65.